The molecule has 0 aliphatic rings. The van der Waals surface area contributed by atoms with E-state index >= 15 is 0 Å². The molecule has 0 spiro atoms. The molecule has 0 unspecified atom stereocenters. The number of aromatic nitrogens is 1. The van der Waals surface area contributed by atoms with Gasteiger partial charge < -0.3 is 15.0 Å². The minimum absolute atomic E-state index is 0.252. The molecule has 0 aliphatic heterocycles. The summed E-state index contributed by atoms with van der Waals surface area (Å²) >= 11 is 0. The molecule has 0 bridgehead atoms. The lowest BCUT2D eigenvalue weighted by molar-refractivity contribution is 0.102. The number of H-pyrrole nitrogens is 1. The number of carbonyl (C=O) groups is 1. The van der Waals surface area contributed by atoms with E-state index in [1.165, 1.54) is 24.3 Å². The molecule has 4 nitrogen and oxygen atoms in total. The van der Waals surface area contributed by atoms with Gasteiger partial charge in [-0.25, -0.2) is 4.39 Å². The zero-order chi connectivity index (χ0) is 14.8. The fourth-order valence-corrected chi connectivity index (χ4v) is 2.15. The van der Waals surface area contributed by atoms with Gasteiger partial charge in [-0.2, -0.15) is 0 Å². The number of hydrogen-bond acceptors (Lipinski definition) is 2. The van der Waals surface area contributed by atoms with Gasteiger partial charge in [0.2, 0.25) is 0 Å². The van der Waals surface area contributed by atoms with Gasteiger partial charge in [0.25, 0.3) is 5.91 Å². The predicted molar refractivity (Wildman–Crippen MR) is 79.2 cm³/mol. The molecular weight excluding hydrogens is 271 g/mol. The first-order chi connectivity index (χ1) is 10.2. The molecule has 5 heteroatoms. The molecule has 2 N–H and O–H groups in total. The second-order valence-electron chi connectivity index (χ2n) is 4.57. The summed E-state index contributed by atoms with van der Waals surface area (Å²) < 4.78 is 18.0. The molecule has 0 aliphatic carbocycles. The number of anilines is 1. The number of aromatic amines is 1. The number of ether oxygens (including phenoxy) is 1. The molecule has 0 fully saturated rings. The molecular formula is C16H13FN2O2. The highest BCUT2D eigenvalue weighted by atomic mass is 19.1. The lowest BCUT2D eigenvalue weighted by Crippen LogP contribution is -2.11. The molecule has 1 heterocycles. The first-order valence-corrected chi connectivity index (χ1v) is 6.39. The van der Waals surface area contributed by atoms with E-state index in [1.807, 2.05) is 12.1 Å². The molecule has 0 radical (unpaired) electrons. The smallest absolute Gasteiger partial charge is 0.257 e. The normalized spacial score (nSPS) is 10.6. The molecule has 0 saturated heterocycles. The van der Waals surface area contributed by atoms with Crippen LogP contribution >= 0.6 is 0 Å². The molecule has 106 valence electrons. The highest BCUT2D eigenvalue weighted by Crippen LogP contribution is 2.24. The Bertz CT molecular complexity index is 794. The van der Waals surface area contributed by atoms with E-state index in [0.717, 1.165) is 16.7 Å². The van der Waals surface area contributed by atoms with Gasteiger partial charge in [0.05, 0.1) is 12.7 Å². The molecule has 0 atom stereocenters. The maximum absolute atomic E-state index is 12.8. The van der Waals surface area contributed by atoms with Crippen molar-refractivity contribution in [1.29, 1.82) is 0 Å². The third kappa shape index (κ3) is 2.58. The maximum Gasteiger partial charge on any atom is 0.257 e. The molecule has 3 aromatic rings. The van der Waals surface area contributed by atoms with Crippen molar-refractivity contribution in [2.45, 2.75) is 0 Å². The van der Waals surface area contributed by atoms with Gasteiger partial charge in [0.15, 0.2) is 0 Å². The Labute approximate surface area is 120 Å². The van der Waals surface area contributed by atoms with Crippen molar-refractivity contribution in [3.8, 4) is 5.75 Å². The fourth-order valence-electron chi connectivity index (χ4n) is 2.15. The van der Waals surface area contributed by atoms with Crippen LogP contribution in [0, 0.1) is 5.82 Å². The van der Waals surface area contributed by atoms with E-state index in [0.29, 0.717) is 11.3 Å². The second-order valence-corrected chi connectivity index (χ2v) is 4.57. The molecule has 21 heavy (non-hydrogen) atoms. The summed E-state index contributed by atoms with van der Waals surface area (Å²) in [5, 5.41) is 3.54. The molecule has 0 saturated carbocycles. The van der Waals surface area contributed by atoms with Crippen LogP contribution in [-0.4, -0.2) is 18.0 Å². The first kappa shape index (κ1) is 13.2. The summed E-state index contributed by atoms with van der Waals surface area (Å²) in [5.74, 6) is 0.125. The lowest BCUT2D eigenvalue weighted by atomic mass is 10.1. The number of amides is 1. The highest BCUT2D eigenvalue weighted by molar-refractivity contribution is 6.12. The Morgan fingerprint density at radius 2 is 1.95 bits per heavy atom. The Morgan fingerprint density at radius 3 is 2.67 bits per heavy atom. The molecule has 1 aromatic heterocycles. The molecule has 2 aromatic carbocycles. The number of carbonyl (C=O) groups excluding carboxylic acids is 1. The van der Waals surface area contributed by atoms with Crippen LogP contribution in [0.4, 0.5) is 10.1 Å². The number of halogens is 1. The predicted octanol–water partition coefficient (Wildman–Crippen LogP) is 3.57. The number of rotatable bonds is 3. The van der Waals surface area contributed by atoms with Gasteiger partial charge in [-0.1, -0.05) is 0 Å². The van der Waals surface area contributed by atoms with E-state index < -0.39 is 0 Å². The van der Waals surface area contributed by atoms with Crippen LogP contribution in [0.5, 0.6) is 5.75 Å². The Kier molecular flexibility index (Phi) is 3.31. The Morgan fingerprint density at radius 1 is 1.19 bits per heavy atom. The summed E-state index contributed by atoms with van der Waals surface area (Å²) in [7, 11) is 1.59. The van der Waals surface area contributed by atoms with Crippen molar-refractivity contribution >= 4 is 22.5 Å². The van der Waals surface area contributed by atoms with Crippen LogP contribution < -0.4 is 10.1 Å². The summed E-state index contributed by atoms with van der Waals surface area (Å²) in [5.41, 5.74) is 1.89. The summed E-state index contributed by atoms with van der Waals surface area (Å²) in [6.45, 7) is 0. The first-order valence-electron chi connectivity index (χ1n) is 6.39. The lowest BCUT2D eigenvalue weighted by Gasteiger charge is -2.04. The highest BCUT2D eigenvalue weighted by Gasteiger charge is 2.12. The van der Waals surface area contributed by atoms with Crippen LogP contribution in [0.15, 0.2) is 48.7 Å². The van der Waals surface area contributed by atoms with Gasteiger partial charge in [-0.05, 0) is 36.4 Å². The topological polar surface area (TPSA) is 54.1 Å². The fraction of sp³-hybridized carbons (Fsp3) is 0.0625. The van der Waals surface area contributed by atoms with Crippen LogP contribution in [0.3, 0.4) is 0 Å². The van der Waals surface area contributed by atoms with Crippen molar-refractivity contribution in [1.82, 2.24) is 4.98 Å². The number of methoxy groups -OCH3 is 1. The minimum Gasteiger partial charge on any atom is -0.497 e. The summed E-state index contributed by atoms with van der Waals surface area (Å²) in [6, 6.07) is 11.1. The quantitative estimate of drug-likeness (QED) is 0.772. The average molecular weight is 284 g/mol. The number of nitrogens with one attached hydrogen (secondary N) is 2. The van der Waals surface area contributed by atoms with Gasteiger partial charge >= 0.3 is 0 Å². The van der Waals surface area contributed by atoms with Crippen molar-refractivity contribution in [2.24, 2.45) is 0 Å². The Hall–Kier alpha value is -2.82. The van der Waals surface area contributed by atoms with Crippen molar-refractivity contribution < 1.29 is 13.9 Å². The number of hydrogen-bond donors (Lipinski definition) is 2. The van der Waals surface area contributed by atoms with Crippen molar-refractivity contribution in [2.75, 3.05) is 12.4 Å². The third-order valence-corrected chi connectivity index (χ3v) is 3.24. The SMILES string of the molecule is COc1ccc2c(C(=O)Nc3ccc(F)cc3)c[nH]c2c1. The average Bonchev–Trinajstić information content (AvgIpc) is 2.92. The maximum atomic E-state index is 12.8. The number of benzene rings is 2. The van der Waals surface area contributed by atoms with Crippen molar-refractivity contribution in [3.05, 3.63) is 60.0 Å². The molecule has 1 amide bonds. The van der Waals surface area contributed by atoms with E-state index in [1.54, 1.807) is 19.4 Å². The van der Waals surface area contributed by atoms with Gasteiger partial charge in [-0.15, -0.1) is 0 Å². The van der Waals surface area contributed by atoms with Crippen LogP contribution in [0.1, 0.15) is 10.4 Å². The van der Waals surface area contributed by atoms with Crippen molar-refractivity contribution in [3.63, 3.8) is 0 Å². The van der Waals surface area contributed by atoms with Crippen LogP contribution in [0.25, 0.3) is 10.9 Å². The monoisotopic (exact) mass is 284 g/mol. The van der Waals surface area contributed by atoms with E-state index in [2.05, 4.69) is 10.3 Å². The second kappa shape index (κ2) is 5.28. The van der Waals surface area contributed by atoms with Crippen LogP contribution in [0.2, 0.25) is 0 Å². The van der Waals surface area contributed by atoms with Gasteiger partial charge in [0.1, 0.15) is 11.6 Å². The van der Waals surface area contributed by atoms with E-state index in [9.17, 15) is 9.18 Å². The Balaban J connectivity index is 1.89. The van der Waals surface area contributed by atoms with Gasteiger partial charge in [0, 0.05) is 28.9 Å². The van der Waals surface area contributed by atoms with E-state index in [4.69, 9.17) is 4.74 Å². The largest absolute Gasteiger partial charge is 0.497 e. The third-order valence-electron chi connectivity index (χ3n) is 3.24. The summed E-state index contributed by atoms with van der Waals surface area (Å²) in [4.78, 5) is 15.3. The number of fused-ring (bicyclic) bond motifs is 1. The molecule has 3 rings (SSSR count). The summed E-state index contributed by atoms with van der Waals surface area (Å²) in [6.07, 6.45) is 1.64. The van der Waals surface area contributed by atoms with Crippen LogP contribution in [-0.2, 0) is 0 Å². The zero-order valence-corrected chi connectivity index (χ0v) is 11.3. The minimum atomic E-state index is -0.341. The zero-order valence-electron chi connectivity index (χ0n) is 11.3. The standard InChI is InChI=1S/C16H13FN2O2/c1-21-12-6-7-13-14(9-18-15(13)8-12)16(20)19-11-4-2-10(17)3-5-11/h2-9,18H,1H3,(H,19,20). The van der Waals surface area contributed by atoms with Gasteiger partial charge in [-0.3, -0.25) is 4.79 Å². The van der Waals surface area contributed by atoms with E-state index in [-0.39, 0.29) is 11.7 Å².